The predicted octanol–water partition coefficient (Wildman–Crippen LogP) is 5.31. The molecule has 1 aliphatic heterocycles. The topological polar surface area (TPSA) is 32.3 Å². The lowest BCUT2D eigenvalue weighted by Gasteiger charge is -2.25. The minimum Gasteiger partial charge on any atom is -0.368 e. The number of carbonyl (C=O) groups is 1. The van der Waals surface area contributed by atoms with E-state index in [0.717, 1.165) is 29.3 Å². The van der Waals surface area contributed by atoms with Crippen molar-refractivity contribution in [3.8, 4) is 0 Å². The minimum atomic E-state index is -0.872. The Kier molecular flexibility index (Phi) is 5.01. The lowest BCUT2D eigenvalue weighted by Crippen LogP contribution is -2.34. The second-order valence-corrected chi connectivity index (χ2v) is 7.15. The van der Waals surface area contributed by atoms with E-state index in [9.17, 15) is 13.6 Å². The number of nitrogens with one attached hydrogen (secondary N) is 1. The van der Waals surface area contributed by atoms with Gasteiger partial charge in [-0.3, -0.25) is 4.79 Å². The molecule has 0 saturated carbocycles. The summed E-state index contributed by atoms with van der Waals surface area (Å²) in [6.07, 6.45) is 0. The van der Waals surface area contributed by atoms with E-state index in [2.05, 4.69) is 5.32 Å². The molecule has 0 bridgehead atoms. The van der Waals surface area contributed by atoms with Crippen LogP contribution in [-0.4, -0.2) is 10.8 Å². The van der Waals surface area contributed by atoms with Gasteiger partial charge in [0.25, 0.3) is 0 Å². The number of fused-ring (bicyclic) bond motifs is 1. The van der Waals surface area contributed by atoms with Gasteiger partial charge in [-0.2, -0.15) is 0 Å². The number of amides is 1. The molecule has 1 aliphatic rings. The summed E-state index contributed by atoms with van der Waals surface area (Å²) in [6, 6.07) is 16.8. The Balaban J connectivity index is 1.66. The Labute approximate surface area is 166 Å². The molecule has 142 valence electrons. The van der Waals surface area contributed by atoms with Gasteiger partial charge in [-0.1, -0.05) is 48.0 Å². The highest BCUT2D eigenvalue weighted by Gasteiger charge is 2.30. The van der Waals surface area contributed by atoms with Crippen LogP contribution in [0.2, 0.25) is 5.02 Å². The second kappa shape index (κ2) is 7.60. The number of nitrogens with zero attached hydrogens (tertiary/aromatic N) is 1. The van der Waals surface area contributed by atoms with Gasteiger partial charge in [-0.25, -0.2) is 8.78 Å². The predicted molar refractivity (Wildman–Crippen MR) is 105 cm³/mol. The van der Waals surface area contributed by atoms with E-state index >= 15 is 0 Å². The first kappa shape index (κ1) is 18.4. The summed E-state index contributed by atoms with van der Waals surface area (Å²) >= 11 is 5.96. The number of benzene rings is 3. The number of hydrogen-bond donors (Lipinski definition) is 1. The van der Waals surface area contributed by atoms with Crippen LogP contribution in [0.3, 0.4) is 0 Å². The molecule has 28 heavy (non-hydrogen) atoms. The largest absolute Gasteiger partial charge is 0.368 e. The molecular weight excluding hydrogens is 382 g/mol. The molecule has 1 atom stereocenters. The fraction of sp³-hybridized carbons (Fsp3) is 0.136. The van der Waals surface area contributed by atoms with Gasteiger partial charge in [0, 0.05) is 18.1 Å². The summed E-state index contributed by atoms with van der Waals surface area (Å²) in [5.74, 6) is -1.43. The molecule has 1 heterocycles. The van der Waals surface area contributed by atoms with Crippen molar-refractivity contribution in [1.82, 2.24) is 4.90 Å². The van der Waals surface area contributed by atoms with Gasteiger partial charge >= 0.3 is 0 Å². The Morgan fingerprint density at radius 3 is 2.25 bits per heavy atom. The van der Waals surface area contributed by atoms with Crippen molar-refractivity contribution in [2.75, 3.05) is 5.32 Å². The number of carbonyl (C=O) groups excluding carboxylic acids is 1. The molecule has 3 nitrogen and oxygen atoms in total. The van der Waals surface area contributed by atoms with Crippen LogP contribution in [0.5, 0.6) is 0 Å². The molecule has 3 aromatic rings. The lowest BCUT2D eigenvalue weighted by atomic mass is 10.0. The van der Waals surface area contributed by atoms with E-state index in [-0.39, 0.29) is 11.6 Å². The van der Waals surface area contributed by atoms with Crippen LogP contribution < -0.4 is 5.32 Å². The highest BCUT2D eigenvalue weighted by Crippen LogP contribution is 2.30. The van der Waals surface area contributed by atoms with Crippen molar-refractivity contribution in [3.05, 3.63) is 100 Å². The third-order valence-electron chi connectivity index (χ3n) is 4.83. The van der Waals surface area contributed by atoms with Crippen molar-refractivity contribution in [1.29, 1.82) is 0 Å². The molecule has 1 unspecified atom stereocenters. The Morgan fingerprint density at radius 1 is 0.964 bits per heavy atom. The van der Waals surface area contributed by atoms with Crippen LogP contribution in [0.15, 0.2) is 66.7 Å². The van der Waals surface area contributed by atoms with Crippen LogP contribution in [-0.2, 0) is 17.9 Å². The van der Waals surface area contributed by atoms with Crippen molar-refractivity contribution in [2.45, 2.75) is 19.1 Å². The summed E-state index contributed by atoms with van der Waals surface area (Å²) in [5, 5.41) is 3.41. The molecule has 0 spiro atoms. The van der Waals surface area contributed by atoms with Gasteiger partial charge < -0.3 is 10.2 Å². The van der Waals surface area contributed by atoms with E-state index in [1.165, 1.54) is 0 Å². The summed E-state index contributed by atoms with van der Waals surface area (Å²) in [5.41, 5.74) is 2.73. The maximum absolute atomic E-state index is 14.2. The van der Waals surface area contributed by atoms with Crippen LogP contribution in [0.1, 0.15) is 22.7 Å². The van der Waals surface area contributed by atoms with Crippen LogP contribution in [0, 0.1) is 11.6 Å². The summed E-state index contributed by atoms with van der Waals surface area (Å²) in [7, 11) is 0. The zero-order chi connectivity index (χ0) is 19.7. The van der Waals surface area contributed by atoms with Gasteiger partial charge in [-0.15, -0.1) is 0 Å². The highest BCUT2D eigenvalue weighted by atomic mass is 35.5. The number of anilines is 1. The number of hydrogen-bond acceptors (Lipinski definition) is 2. The maximum Gasteiger partial charge on any atom is 0.250 e. The van der Waals surface area contributed by atoms with E-state index in [1.807, 2.05) is 24.3 Å². The SMILES string of the molecule is O=C(C(Nc1cc(F)ccc1F)c1ccc(Cl)cc1)N1Cc2ccccc2C1. The van der Waals surface area contributed by atoms with Gasteiger partial charge in [0.2, 0.25) is 5.91 Å². The average molecular weight is 399 g/mol. The zero-order valence-electron chi connectivity index (χ0n) is 14.8. The minimum absolute atomic E-state index is 0.0648. The molecule has 0 saturated heterocycles. The van der Waals surface area contributed by atoms with E-state index in [0.29, 0.717) is 23.7 Å². The molecule has 1 amide bonds. The first-order chi connectivity index (χ1) is 13.5. The molecule has 0 radical (unpaired) electrons. The Bertz CT molecular complexity index is 998. The summed E-state index contributed by atoms with van der Waals surface area (Å²) in [6.45, 7) is 0.957. The van der Waals surface area contributed by atoms with Crippen LogP contribution in [0.4, 0.5) is 14.5 Å². The zero-order valence-corrected chi connectivity index (χ0v) is 15.6. The average Bonchev–Trinajstić information content (AvgIpc) is 3.13. The molecule has 1 N–H and O–H groups in total. The number of rotatable bonds is 4. The second-order valence-electron chi connectivity index (χ2n) is 6.72. The maximum atomic E-state index is 14.2. The number of halogens is 3. The van der Waals surface area contributed by atoms with Crippen molar-refractivity contribution in [2.24, 2.45) is 0 Å². The molecular formula is C22H17ClF2N2O. The standard InChI is InChI=1S/C22H17ClF2N2O/c23-17-7-5-14(6-8-17)21(26-20-11-18(24)9-10-19(20)25)22(28)27-12-15-3-1-2-4-16(15)13-27/h1-11,21,26H,12-13H2. The Morgan fingerprint density at radius 2 is 1.61 bits per heavy atom. The fourth-order valence-corrected chi connectivity index (χ4v) is 3.50. The van der Waals surface area contributed by atoms with Crippen molar-refractivity contribution >= 4 is 23.2 Å². The molecule has 4 rings (SSSR count). The molecule has 3 aromatic carbocycles. The monoisotopic (exact) mass is 398 g/mol. The third-order valence-corrected chi connectivity index (χ3v) is 5.08. The van der Waals surface area contributed by atoms with E-state index in [1.54, 1.807) is 29.2 Å². The normalized spacial score (nSPS) is 13.9. The van der Waals surface area contributed by atoms with Gasteiger partial charge in [0.15, 0.2) is 0 Å². The van der Waals surface area contributed by atoms with Crippen molar-refractivity contribution in [3.63, 3.8) is 0 Å². The molecule has 6 heteroatoms. The van der Waals surface area contributed by atoms with Gasteiger partial charge in [0.05, 0.1) is 5.69 Å². The first-order valence-corrected chi connectivity index (χ1v) is 9.21. The molecule has 0 fully saturated rings. The summed E-state index contributed by atoms with van der Waals surface area (Å²) in [4.78, 5) is 15.0. The Hall–Kier alpha value is -2.92. The quantitative estimate of drug-likeness (QED) is 0.645. The lowest BCUT2D eigenvalue weighted by molar-refractivity contribution is -0.132. The van der Waals surface area contributed by atoms with E-state index in [4.69, 9.17) is 11.6 Å². The van der Waals surface area contributed by atoms with E-state index < -0.39 is 17.7 Å². The molecule has 0 aliphatic carbocycles. The third kappa shape index (κ3) is 3.71. The first-order valence-electron chi connectivity index (χ1n) is 8.84. The highest BCUT2D eigenvalue weighted by molar-refractivity contribution is 6.30. The van der Waals surface area contributed by atoms with Crippen LogP contribution >= 0.6 is 11.6 Å². The van der Waals surface area contributed by atoms with Gasteiger partial charge in [0.1, 0.15) is 17.7 Å². The van der Waals surface area contributed by atoms with Gasteiger partial charge in [-0.05, 0) is 47.0 Å². The fourth-order valence-electron chi connectivity index (χ4n) is 3.38. The molecule has 0 aromatic heterocycles. The van der Waals surface area contributed by atoms with Crippen molar-refractivity contribution < 1.29 is 13.6 Å². The smallest absolute Gasteiger partial charge is 0.250 e. The summed E-state index contributed by atoms with van der Waals surface area (Å²) < 4.78 is 27.8. The van der Waals surface area contributed by atoms with Crippen LogP contribution in [0.25, 0.3) is 0 Å².